The Hall–Kier alpha value is -2.11. The summed E-state index contributed by atoms with van der Waals surface area (Å²) < 4.78 is 10.2. The molecular weight excluding hydrogens is 222 g/mol. The van der Waals surface area contributed by atoms with Gasteiger partial charge in [-0.15, -0.1) is 0 Å². The maximum absolute atomic E-state index is 11.5. The SMILES string of the molecule is COc1cc(N)c(NC(=O)N(C)C)cc1OC. The standard InChI is InChI=1S/C11H17N3O3/c1-14(2)11(15)13-8-6-10(17-4)9(16-3)5-7(8)12/h5-6H,12H2,1-4H3,(H,13,15). The van der Waals surface area contributed by atoms with E-state index in [9.17, 15) is 4.79 Å². The zero-order chi connectivity index (χ0) is 13.0. The molecule has 0 aliphatic carbocycles. The van der Waals surface area contributed by atoms with Gasteiger partial charge in [-0.25, -0.2) is 4.79 Å². The third kappa shape index (κ3) is 2.93. The number of nitrogen functional groups attached to an aromatic ring is 1. The number of nitrogens with two attached hydrogens (primary N) is 1. The van der Waals surface area contributed by atoms with E-state index in [-0.39, 0.29) is 6.03 Å². The van der Waals surface area contributed by atoms with Crippen LogP contribution >= 0.6 is 0 Å². The highest BCUT2D eigenvalue weighted by molar-refractivity contribution is 5.93. The number of nitrogens with one attached hydrogen (secondary N) is 1. The highest BCUT2D eigenvalue weighted by Crippen LogP contribution is 2.34. The fourth-order valence-electron chi connectivity index (χ4n) is 1.23. The number of amides is 2. The van der Waals surface area contributed by atoms with Gasteiger partial charge in [-0.05, 0) is 0 Å². The van der Waals surface area contributed by atoms with Crippen LogP contribution in [0, 0.1) is 0 Å². The van der Waals surface area contributed by atoms with E-state index in [1.54, 1.807) is 26.2 Å². The molecule has 0 spiro atoms. The molecule has 0 aliphatic heterocycles. The predicted octanol–water partition coefficient (Wildman–Crippen LogP) is 1.38. The number of benzene rings is 1. The quantitative estimate of drug-likeness (QED) is 0.781. The number of rotatable bonds is 3. The lowest BCUT2D eigenvalue weighted by molar-refractivity contribution is 0.230. The lowest BCUT2D eigenvalue weighted by Gasteiger charge is -2.16. The van der Waals surface area contributed by atoms with Crippen molar-refractivity contribution in [1.82, 2.24) is 4.90 Å². The molecule has 2 amide bonds. The molecule has 0 unspecified atom stereocenters. The van der Waals surface area contributed by atoms with Crippen molar-refractivity contribution in [2.24, 2.45) is 0 Å². The molecule has 94 valence electrons. The van der Waals surface area contributed by atoms with Gasteiger partial charge in [0, 0.05) is 26.2 Å². The Morgan fingerprint density at radius 3 is 2.24 bits per heavy atom. The number of anilines is 2. The average molecular weight is 239 g/mol. The number of methoxy groups -OCH3 is 2. The average Bonchev–Trinajstić information content (AvgIpc) is 2.30. The second-order valence-corrected chi connectivity index (χ2v) is 3.62. The van der Waals surface area contributed by atoms with Crippen LogP contribution in [-0.4, -0.2) is 39.2 Å². The van der Waals surface area contributed by atoms with Gasteiger partial charge >= 0.3 is 6.03 Å². The van der Waals surface area contributed by atoms with E-state index in [2.05, 4.69) is 5.32 Å². The van der Waals surface area contributed by atoms with E-state index >= 15 is 0 Å². The number of hydrogen-bond donors (Lipinski definition) is 2. The molecule has 0 bridgehead atoms. The largest absolute Gasteiger partial charge is 0.493 e. The smallest absolute Gasteiger partial charge is 0.321 e. The lowest BCUT2D eigenvalue weighted by atomic mass is 10.2. The fourth-order valence-corrected chi connectivity index (χ4v) is 1.23. The maximum atomic E-state index is 11.5. The maximum Gasteiger partial charge on any atom is 0.321 e. The van der Waals surface area contributed by atoms with Crippen molar-refractivity contribution < 1.29 is 14.3 Å². The first-order chi connectivity index (χ1) is 7.99. The number of hydrogen-bond acceptors (Lipinski definition) is 4. The molecule has 0 aromatic heterocycles. The van der Waals surface area contributed by atoms with Gasteiger partial charge in [-0.3, -0.25) is 0 Å². The first-order valence-corrected chi connectivity index (χ1v) is 4.99. The minimum Gasteiger partial charge on any atom is -0.493 e. The summed E-state index contributed by atoms with van der Waals surface area (Å²) >= 11 is 0. The summed E-state index contributed by atoms with van der Waals surface area (Å²) in [5.74, 6) is 1.03. The van der Waals surface area contributed by atoms with Crippen LogP contribution in [0.1, 0.15) is 0 Å². The van der Waals surface area contributed by atoms with Crippen LogP contribution in [0.5, 0.6) is 11.5 Å². The minimum absolute atomic E-state index is 0.260. The van der Waals surface area contributed by atoms with Crippen LogP contribution in [0.25, 0.3) is 0 Å². The first-order valence-electron chi connectivity index (χ1n) is 4.99. The summed E-state index contributed by atoms with van der Waals surface area (Å²) in [6.07, 6.45) is 0. The van der Waals surface area contributed by atoms with Gasteiger partial charge in [0.15, 0.2) is 11.5 Å². The van der Waals surface area contributed by atoms with Crippen molar-refractivity contribution >= 4 is 17.4 Å². The van der Waals surface area contributed by atoms with E-state index in [1.165, 1.54) is 19.1 Å². The summed E-state index contributed by atoms with van der Waals surface area (Å²) in [5, 5.41) is 2.66. The molecule has 1 aromatic carbocycles. The highest BCUT2D eigenvalue weighted by atomic mass is 16.5. The Bertz CT molecular complexity index is 419. The van der Waals surface area contributed by atoms with E-state index in [0.29, 0.717) is 22.9 Å². The van der Waals surface area contributed by atoms with E-state index in [1.807, 2.05) is 0 Å². The zero-order valence-electron chi connectivity index (χ0n) is 10.4. The van der Waals surface area contributed by atoms with E-state index in [4.69, 9.17) is 15.2 Å². The molecule has 6 nitrogen and oxygen atoms in total. The molecule has 1 aromatic rings. The third-order valence-electron chi connectivity index (χ3n) is 2.20. The van der Waals surface area contributed by atoms with Gasteiger partial charge in [-0.2, -0.15) is 0 Å². The van der Waals surface area contributed by atoms with E-state index in [0.717, 1.165) is 0 Å². The molecule has 0 fully saturated rings. The van der Waals surface area contributed by atoms with Gasteiger partial charge in [0.1, 0.15) is 0 Å². The van der Waals surface area contributed by atoms with Crippen LogP contribution in [0.15, 0.2) is 12.1 Å². The number of ether oxygens (including phenoxy) is 2. The Morgan fingerprint density at radius 2 is 1.76 bits per heavy atom. The molecule has 6 heteroatoms. The highest BCUT2D eigenvalue weighted by Gasteiger charge is 2.12. The molecule has 0 aliphatic rings. The second kappa shape index (κ2) is 5.29. The Kier molecular flexibility index (Phi) is 4.03. The second-order valence-electron chi connectivity index (χ2n) is 3.62. The number of carbonyl (C=O) groups excluding carboxylic acids is 1. The molecule has 0 radical (unpaired) electrons. The fraction of sp³-hybridized carbons (Fsp3) is 0.364. The molecule has 17 heavy (non-hydrogen) atoms. The van der Waals surface area contributed by atoms with Gasteiger partial charge in [0.05, 0.1) is 25.6 Å². The van der Waals surface area contributed by atoms with Crippen molar-refractivity contribution in [3.05, 3.63) is 12.1 Å². The van der Waals surface area contributed by atoms with Crippen LogP contribution in [0.4, 0.5) is 16.2 Å². The summed E-state index contributed by atoms with van der Waals surface area (Å²) in [6, 6.07) is 2.96. The molecule has 0 heterocycles. The van der Waals surface area contributed by atoms with Crippen molar-refractivity contribution in [3.63, 3.8) is 0 Å². The minimum atomic E-state index is -0.260. The Morgan fingerprint density at radius 1 is 1.24 bits per heavy atom. The monoisotopic (exact) mass is 239 g/mol. The number of nitrogens with zero attached hydrogens (tertiary/aromatic N) is 1. The molecule has 0 atom stereocenters. The summed E-state index contributed by atoms with van der Waals surface area (Å²) in [6.45, 7) is 0. The first kappa shape index (κ1) is 13.0. The lowest BCUT2D eigenvalue weighted by Crippen LogP contribution is -2.27. The summed E-state index contributed by atoms with van der Waals surface area (Å²) in [5.41, 5.74) is 6.70. The van der Waals surface area contributed by atoms with Crippen molar-refractivity contribution in [2.75, 3.05) is 39.4 Å². The molecule has 0 saturated heterocycles. The van der Waals surface area contributed by atoms with Crippen LogP contribution in [-0.2, 0) is 0 Å². The Labute approximate surface area is 100 Å². The molecule has 0 saturated carbocycles. The summed E-state index contributed by atoms with van der Waals surface area (Å²) in [7, 11) is 6.33. The topological polar surface area (TPSA) is 76.8 Å². The molecule has 3 N–H and O–H groups in total. The van der Waals surface area contributed by atoms with Crippen LogP contribution < -0.4 is 20.5 Å². The Balaban J connectivity index is 3.04. The molecular formula is C11H17N3O3. The number of urea groups is 1. The van der Waals surface area contributed by atoms with Crippen LogP contribution in [0.2, 0.25) is 0 Å². The molecule has 1 rings (SSSR count). The normalized spacial score (nSPS) is 9.65. The predicted molar refractivity (Wildman–Crippen MR) is 66.7 cm³/mol. The van der Waals surface area contributed by atoms with Crippen molar-refractivity contribution in [2.45, 2.75) is 0 Å². The van der Waals surface area contributed by atoms with Crippen LogP contribution in [0.3, 0.4) is 0 Å². The van der Waals surface area contributed by atoms with E-state index < -0.39 is 0 Å². The van der Waals surface area contributed by atoms with Gasteiger partial charge in [-0.1, -0.05) is 0 Å². The van der Waals surface area contributed by atoms with Gasteiger partial charge in [0.25, 0.3) is 0 Å². The van der Waals surface area contributed by atoms with Crippen molar-refractivity contribution in [3.8, 4) is 11.5 Å². The number of carbonyl (C=O) groups is 1. The zero-order valence-corrected chi connectivity index (χ0v) is 10.4. The van der Waals surface area contributed by atoms with Crippen molar-refractivity contribution in [1.29, 1.82) is 0 Å². The van der Waals surface area contributed by atoms with Gasteiger partial charge in [0.2, 0.25) is 0 Å². The third-order valence-corrected chi connectivity index (χ3v) is 2.20. The van der Waals surface area contributed by atoms with Gasteiger partial charge < -0.3 is 25.4 Å². The summed E-state index contributed by atoms with van der Waals surface area (Å²) in [4.78, 5) is 12.9.